The molecule has 0 aliphatic heterocycles. The number of hydrogen-bond donors (Lipinski definition) is 6. The Morgan fingerprint density at radius 3 is 1.37 bits per heavy atom. The molecule has 0 bridgehead atoms. The van der Waals surface area contributed by atoms with Crippen molar-refractivity contribution in [3.05, 3.63) is 48.6 Å². The van der Waals surface area contributed by atoms with E-state index in [4.69, 9.17) is 18.5 Å². The molecule has 0 spiro atoms. The van der Waals surface area contributed by atoms with Crippen LogP contribution < -0.4 is 0 Å². The molecule has 0 aromatic rings. The molecule has 0 aromatic carbocycles. The number of ether oxygens (including phenoxy) is 2. The van der Waals surface area contributed by atoms with Gasteiger partial charge in [0.1, 0.15) is 43.2 Å². The summed E-state index contributed by atoms with van der Waals surface area (Å²) in [5.41, 5.74) is 0. The van der Waals surface area contributed by atoms with Gasteiger partial charge < -0.3 is 39.9 Å². The number of allylic oxidation sites excluding steroid dienone is 8. The molecule has 1 aliphatic carbocycles. The van der Waals surface area contributed by atoms with Crippen LogP contribution in [0.2, 0.25) is 0 Å². The maximum absolute atomic E-state index is 12.8. The topological polar surface area (TPSA) is 210 Å². The monoisotopic (exact) mass is 915 g/mol. The van der Waals surface area contributed by atoms with E-state index in [2.05, 4.69) is 50.3 Å². The largest absolute Gasteiger partial charge is 0.472 e. The molecule has 14 heteroatoms. The zero-order valence-corrected chi connectivity index (χ0v) is 39.8. The molecule has 0 radical (unpaired) electrons. The van der Waals surface area contributed by atoms with Crippen molar-refractivity contribution < 1.29 is 63.1 Å². The molecule has 1 rings (SSSR count). The molecule has 13 nitrogen and oxygen atoms in total. The van der Waals surface area contributed by atoms with Gasteiger partial charge in [-0.15, -0.1) is 0 Å². The molecule has 6 N–H and O–H groups in total. The van der Waals surface area contributed by atoms with Crippen molar-refractivity contribution in [1.29, 1.82) is 0 Å². The van der Waals surface area contributed by atoms with Crippen LogP contribution >= 0.6 is 7.82 Å². The van der Waals surface area contributed by atoms with Gasteiger partial charge in [-0.25, -0.2) is 4.57 Å². The average Bonchev–Trinajstić information content (AvgIpc) is 3.26. The summed E-state index contributed by atoms with van der Waals surface area (Å²) in [6, 6.07) is 0. The van der Waals surface area contributed by atoms with E-state index in [1.807, 2.05) is 12.2 Å². The number of rotatable bonds is 40. The van der Waals surface area contributed by atoms with Crippen molar-refractivity contribution in [3.8, 4) is 0 Å². The molecule has 0 aromatic heterocycles. The highest BCUT2D eigenvalue weighted by molar-refractivity contribution is 7.47. The third-order valence-corrected chi connectivity index (χ3v) is 12.1. The van der Waals surface area contributed by atoms with Crippen LogP contribution in [0.4, 0.5) is 0 Å². The lowest BCUT2D eigenvalue weighted by Crippen LogP contribution is -2.64. The Morgan fingerprint density at radius 1 is 0.492 bits per heavy atom. The Morgan fingerprint density at radius 2 is 0.873 bits per heavy atom. The third kappa shape index (κ3) is 31.4. The van der Waals surface area contributed by atoms with E-state index in [1.165, 1.54) is 96.3 Å². The molecule has 0 amide bonds. The summed E-state index contributed by atoms with van der Waals surface area (Å²) < 4.78 is 33.5. The Hall–Kier alpha value is -2.19. The van der Waals surface area contributed by atoms with Gasteiger partial charge in [0.15, 0.2) is 6.10 Å². The highest BCUT2D eigenvalue weighted by atomic mass is 31.2. The minimum Gasteiger partial charge on any atom is -0.462 e. The van der Waals surface area contributed by atoms with E-state index in [0.29, 0.717) is 19.3 Å². The summed E-state index contributed by atoms with van der Waals surface area (Å²) in [7, 11) is -5.13. The van der Waals surface area contributed by atoms with Gasteiger partial charge in [-0.3, -0.25) is 18.6 Å². The Kier molecular flexibility index (Phi) is 36.4. The molecule has 0 heterocycles. The van der Waals surface area contributed by atoms with Gasteiger partial charge in [-0.05, 0) is 70.6 Å². The second kappa shape index (κ2) is 39.0. The summed E-state index contributed by atoms with van der Waals surface area (Å²) in [4.78, 5) is 35.7. The second-order valence-electron chi connectivity index (χ2n) is 17.0. The molecule has 1 fully saturated rings. The fourth-order valence-electron chi connectivity index (χ4n) is 7.18. The zero-order chi connectivity index (χ0) is 46.4. The summed E-state index contributed by atoms with van der Waals surface area (Å²) in [6.45, 7) is 3.25. The molecule has 63 heavy (non-hydrogen) atoms. The standard InChI is InChI=1S/C49H87O13P/c1-3-5-7-9-11-13-15-17-19-21-23-25-27-29-31-33-35-37-42(50)59-39-41(40-60-63(57,58)62-49-47(55)45(53)44(52)46(54)48(49)56)61-43(51)38-36-34-32-30-28-26-24-22-20-18-16-14-12-10-8-6-4-2/h17-20,24,26,30,32,41,44-49,52-56H,3-16,21-23,25,27-29,31,33-40H2,1-2H3,(H,57,58)/b19-17+,20-18+,26-24+,32-30+/t41-,44?,45-,46?,47?,48?,49?/m0/s1. The number of esters is 2. The first-order valence-electron chi connectivity index (χ1n) is 24.4. The molecule has 1 aliphatic rings. The van der Waals surface area contributed by atoms with Crippen molar-refractivity contribution in [2.75, 3.05) is 13.2 Å². The smallest absolute Gasteiger partial charge is 0.462 e. The number of carbonyl (C=O) groups is 2. The number of aliphatic hydroxyl groups excluding tert-OH is 5. The third-order valence-electron chi connectivity index (χ3n) is 11.1. The van der Waals surface area contributed by atoms with E-state index in [1.54, 1.807) is 0 Å². The van der Waals surface area contributed by atoms with Crippen LogP contribution in [0.15, 0.2) is 48.6 Å². The molecule has 8 atom stereocenters. The van der Waals surface area contributed by atoms with Crippen molar-refractivity contribution >= 4 is 19.8 Å². The Balaban J connectivity index is 2.48. The summed E-state index contributed by atoms with van der Waals surface area (Å²) in [5.74, 6) is -1.16. The molecule has 0 saturated heterocycles. The lowest BCUT2D eigenvalue weighted by atomic mass is 9.85. The predicted octanol–water partition coefficient (Wildman–Crippen LogP) is 9.95. The predicted molar refractivity (Wildman–Crippen MR) is 249 cm³/mol. The summed E-state index contributed by atoms with van der Waals surface area (Å²) in [5, 5.41) is 50.2. The van der Waals surface area contributed by atoms with Gasteiger partial charge in [0.25, 0.3) is 0 Å². The SMILES string of the molecule is CCCCCCCC/C=C/C/C=C/C/C=C/CCCC(=O)O[C@@H](COC(=O)CCCCCCCCC/C=C/CCCCCCCC)COP(=O)(O)OC1C(O)C(O)C(O)[C@H](O)C1O. The summed E-state index contributed by atoms with van der Waals surface area (Å²) in [6.07, 6.45) is 33.1. The quantitative estimate of drug-likeness (QED) is 0.0147. The molecule has 366 valence electrons. The molecular weight excluding hydrogens is 828 g/mol. The molecular formula is C49H87O13P. The first kappa shape index (κ1) is 58.8. The van der Waals surface area contributed by atoms with E-state index in [0.717, 1.165) is 51.4 Å². The van der Waals surface area contributed by atoms with Crippen LogP contribution in [0.1, 0.15) is 194 Å². The van der Waals surface area contributed by atoms with Gasteiger partial charge in [0, 0.05) is 12.8 Å². The Labute approximate surface area is 380 Å². The van der Waals surface area contributed by atoms with Crippen LogP contribution in [0.3, 0.4) is 0 Å². The van der Waals surface area contributed by atoms with E-state index >= 15 is 0 Å². The lowest BCUT2D eigenvalue weighted by Gasteiger charge is -2.41. The number of phosphoric ester groups is 1. The van der Waals surface area contributed by atoms with Crippen molar-refractivity contribution in [1.82, 2.24) is 0 Å². The van der Waals surface area contributed by atoms with E-state index < -0.39 is 75.7 Å². The number of aliphatic hydroxyl groups is 5. The number of phosphoric acid groups is 1. The summed E-state index contributed by atoms with van der Waals surface area (Å²) >= 11 is 0. The van der Waals surface area contributed by atoms with Crippen LogP contribution in [-0.2, 0) is 32.7 Å². The van der Waals surface area contributed by atoms with Gasteiger partial charge in [0.2, 0.25) is 0 Å². The Bertz CT molecular complexity index is 1290. The van der Waals surface area contributed by atoms with E-state index in [-0.39, 0.29) is 12.8 Å². The van der Waals surface area contributed by atoms with Crippen molar-refractivity contribution in [2.24, 2.45) is 0 Å². The fourth-order valence-corrected chi connectivity index (χ4v) is 8.15. The fraction of sp³-hybridized carbons (Fsp3) is 0.796. The van der Waals surface area contributed by atoms with Crippen LogP contribution in [0, 0.1) is 0 Å². The lowest BCUT2D eigenvalue weighted by molar-refractivity contribution is -0.220. The molecule has 1 saturated carbocycles. The van der Waals surface area contributed by atoms with Gasteiger partial charge >= 0.3 is 19.8 Å². The highest BCUT2D eigenvalue weighted by Gasteiger charge is 2.51. The first-order valence-corrected chi connectivity index (χ1v) is 25.9. The van der Waals surface area contributed by atoms with Crippen LogP contribution in [-0.4, -0.2) is 98.3 Å². The van der Waals surface area contributed by atoms with Crippen molar-refractivity contribution in [2.45, 2.75) is 236 Å². The van der Waals surface area contributed by atoms with E-state index in [9.17, 15) is 44.6 Å². The average molecular weight is 915 g/mol. The number of carbonyl (C=O) groups excluding carboxylic acids is 2. The zero-order valence-electron chi connectivity index (χ0n) is 38.9. The maximum Gasteiger partial charge on any atom is 0.472 e. The normalized spacial score (nSPS) is 22.1. The van der Waals surface area contributed by atoms with Gasteiger partial charge in [0.05, 0.1) is 6.61 Å². The maximum atomic E-state index is 12.8. The molecule has 6 unspecified atom stereocenters. The first-order chi connectivity index (χ1) is 30.4. The van der Waals surface area contributed by atoms with Gasteiger partial charge in [-0.2, -0.15) is 0 Å². The minimum atomic E-state index is -5.13. The van der Waals surface area contributed by atoms with Crippen LogP contribution in [0.5, 0.6) is 0 Å². The van der Waals surface area contributed by atoms with Crippen molar-refractivity contribution in [3.63, 3.8) is 0 Å². The number of unbranched alkanes of at least 4 members (excludes halogenated alkanes) is 20. The van der Waals surface area contributed by atoms with Gasteiger partial charge in [-0.1, -0.05) is 159 Å². The number of hydrogen-bond acceptors (Lipinski definition) is 12. The van der Waals surface area contributed by atoms with Crippen LogP contribution in [0.25, 0.3) is 0 Å². The minimum absolute atomic E-state index is 0.0236. The second-order valence-corrected chi connectivity index (χ2v) is 18.4. The highest BCUT2D eigenvalue weighted by Crippen LogP contribution is 2.47.